The molecule has 0 bridgehead atoms. The van der Waals surface area contributed by atoms with Gasteiger partial charge in [0.15, 0.2) is 0 Å². The Labute approximate surface area is 124 Å². The van der Waals surface area contributed by atoms with Gasteiger partial charge in [-0.3, -0.25) is 9.59 Å². The van der Waals surface area contributed by atoms with E-state index >= 15 is 0 Å². The maximum atomic E-state index is 12.2. The monoisotopic (exact) mass is 297 g/mol. The van der Waals surface area contributed by atoms with E-state index in [1.807, 2.05) is 0 Å². The molecular formula is C14H23N3O4. The molecule has 1 aliphatic carbocycles. The number of carbonyl (C=O) groups is 3. The van der Waals surface area contributed by atoms with Crippen molar-refractivity contribution in [1.29, 1.82) is 0 Å². The van der Waals surface area contributed by atoms with E-state index in [1.165, 1.54) is 4.90 Å². The van der Waals surface area contributed by atoms with Crippen LogP contribution in [0.4, 0.5) is 4.79 Å². The normalized spacial score (nSPS) is 19.2. The fourth-order valence-electron chi connectivity index (χ4n) is 2.54. The molecule has 118 valence electrons. The molecule has 1 saturated carbocycles. The number of hydrogen-bond donors (Lipinski definition) is 2. The molecule has 2 fully saturated rings. The predicted molar refractivity (Wildman–Crippen MR) is 75.7 cm³/mol. The van der Waals surface area contributed by atoms with Crippen molar-refractivity contribution in [2.75, 3.05) is 26.2 Å². The van der Waals surface area contributed by atoms with Crippen LogP contribution in [0.3, 0.4) is 0 Å². The van der Waals surface area contributed by atoms with E-state index in [2.05, 4.69) is 5.32 Å². The first-order valence-corrected chi connectivity index (χ1v) is 7.53. The summed E-state index contributed by atoms with van der Waals surface area (Å²) in [5.41, 5.74) is 0. The molecule has 0 aromatic rings. The van der Waals surface area contributed by atoms with Gasteiger partial charge in [0.1, 0.15) is 12.6 Å². The molecule has 2 rings (SSSR count). The Kier molecular flexibility index (Phi) is 5.03. The first-order valence-electron chi connectivity index (χ1n) is 7.53. The van der Waals surface area contributed by atoms with E-state index in [-0.39, 0.29) is 12.5 Å². The average Bonchev–Trinajstić information content (AvgIpc) is 3.07. The third-order valence-electron chi connectivity index (χ3n) is 3.92. The van der Waals surface area contributed by atoms with Crippen LogP contribution in [-0.4, -0.2) is 65.0 Å². The Morgan fingerprint density at radius 2 is 1.90 bits per heavy atom. The summed E-state index contributed by atoms with van der Waals surface area (Å²) in [5, 5.41) is 11.5. The molecular weight excluding hydrogens is 274 g/mol. The molecule has 21 heavy (non-hydrogen) atoms. The van der Waals surface area contributed by atoms with E-state index in [9.17, 15) is 14.4 Å². The fourth-order valence-corrected chi connectivity index (χ4v) is 2.54. The van der Waals surface area contributed by atoms with Crippen LogP contribution >= 0.6 is 0 Å². The number of amides is 3. The molecule has 2 N–H and O–H groups in total. The molecule has 0 spiro atoms. The van der Waals surface area contributed by atoms with E-state index in [0.717, 1.165) is 38.8 Å². The van der Waals surface area contributed by atoms with Crippen molar-refractivity contribution in [3.8, 4) is 0 Å². The number of likely N-dealkylation sites (tertiary alicyclic amines) is 1. The fraction of sp³-hybridized carbons (Fsp3) is 0.786. The minimum Gasteiger partial charge on any atom is -0.480 e. The maximum Gasteiger partial charge on any atom is 0.323 e. The molecule has 0 aromatic heterocycles. The largest absolute Gasteiger partial charge is 0.480 e. The Hall–Kier alpha value is -1.79. The molecule has 7 heteroatoms. The summed E-state index contributed by atoms with van der Waals surface area (Å²) in [4.78, 5) is 38.2. The van der Waals surface area contributed by atoms with Crippen molar-refractivity contribution in [2.45, 2.75) is 38.6 Å². The summed E-state index contributed by atoms with van der Waals surface area (Å²) in [6.07, 6.45) is 4.07. The lowest BCUT2D eigenvalue weighted by atomic mass is 10.3. The number of nitrogens with one attached hydrogen (secondary N) is 1. The molecule has 2 aliphatic rings. The van der Waals surface area contributed by atoms with Gasteiger partial charge in [0, 0.05) is 19.6 Å². The van der Waals surface area contributed by atoms with Crippen molar-refractivity contribution in [3.63, 3.8) is 0 Å². The van der Waals surface area contributed by atoms with Gasteiger partial charge in [0.05, 0.1) is 0 Å². The van der Waals surface area contributed by atoms with Gasteiger partial charge in [-0.1, -0.05) is 0 Å². The predicted octanol–water partition coefficient (Wildman–Crippen LogP) is 0.504. The quantitative estimate of drug-likeness (QED) is 0.747. The van der Waals surface area contributed by atoms with Gasteiger partial charge in [-0.25, -0.2) is 4.79 Å². The lowest BCUT2D eigenvalue weighted by Gasteiger charge is -2.25. The zero-order valence-electron chi connectivity index (χ0n) is 12.4. The number of urea groups is 1. The van der Waals surface area contributed by atoms with Gasteiger partial charge in [0.25, 0.3) is 0 Å². The highest BCUT2D eigenvalue weighted by molar-refractivity contribution is 5.88. The van der Waals surface area contributed by atoms with Crippen molar-refractivity contribution >= 4 is 17.9 Å². The third kappa shape index (κ3) is 4.61. The third-order valence-corrected chi connectivity index (χ3v) is 3.92. The van der Waals surface area contributed by atoms with Crippen LogP contribution < -0.4 is 5.32 Å². The molecule has 0 aromatic carbocycles. The van der Waals surface area contributed by atoms with Crippen molar-refractivity contribution in [2.24, 2.45) is 5.92 Å². The van der Waals surface area contributed by atoms with Gasteiger partial charge in [0.2, 0.25) is 5.91 Å². The van der Waals surface area contributed by atoms with Gasteiger partial charge < -0.3 is 20.2 Å². The lowest BCUT2D eigenvalue weighted by molar-refractivity contribution is -0.137. The standard InChI is InChI=1S/C14H23N3O4/c1-10(13(20)16-6-2-3-7-16)15-14(21)17(9-12(18)19)8-11-4-5-11/h10-11H,2-9H2,1H3,(H,15,21)(H,18,19). The summed E-state index contributed by atoms with van der Waals surface area (Å²) in [6.45, 7) is 3.24. The first-order chi connectivity index (χ1) is 9.97. The Morgan fingerprint density at radius 1 is 1.29 bits per heavy atom. The summed E-state index contributed by atoms with van der Waals surface area (Å²) >= 11 is 0. The summed E-state index contributed by atoms with van der Waals surface area (Å²) in [7, 11) is 0. The van der Waals surface area contributed by atoms with E-state index in [1.54, 1.807) is 11.8 Å². The number of rotatable bonds is 6. The van der Waals surface area contributed by atoms with Crippen LogP contribution in [0, 0.1) is 5.92 Å². The van der Waals surface area contributed by atoms with Gasteiger partial charge in [-0.2, -0.15) is 0 Å². The molecule has 0 radical (unpaired) electrons. The second-order valence-electron chi connectivity index (χ2n) is 5.92. The number of carbonyl (C=O) groups excluding carboxylic acids is 2. The average molecular weight is 297 g/mol. The van der Waals surface area contributed by atoms with Crippen LogP contribution in [0.25, 0.3) is 0 Å². The molecule has 1 heterocycles. The second kappa shape index (κ2) is 6.78. The Bertz CT molecular complexity index is 416. The number of carboxylic acid groups (broad SMARTS) is 1. The zero-order chi connectivity index (χ0) is 15.4. The Balaban J connectivity index is 1.86. The van der Waals surface area contributed by atoms with Crippen molar-refractivity contribution in [3.05, 3.63) is 0 Å². The topological polar surface area (TPSA) is 90.0 Å². The summed E-state index contributed by atoms with van der Waals surface area (Å²) in [6, 6.07) is -1.09. The van der Waals surface area contributed by atoms with Crippen LogP contribution in [-0.2, 0) is 9.59 Å². The highest BCUT2D eigenvalue weighted by Crippen LogP contribution is 2.29. The highest BCUT2D eigenvalue weighted by atomic mass is 16.4. The van der Waals surface area contributed by atoms with Gasteiger partial charge >= 0.3 is 12.0 Å². The van der Waals surface area contributed by atoms with Crippen LogP contribution in [0.5, 0.6) is 0 Å². The smallest absolute Gasteiger partial charge is 0.323 e. The maximum absolute atomic E-state index is 12.2. The first kappa shape index (κ1) is 15.6. The Morgan fingerprint density at radius 3 is 2.43 bits per heavy atom. The minimum atomic E-state index is -1.04. The number of aliphatic carboxylic acids is 1. The van der Waals surface area contributed by atoms with Crippen molar-refractivity contribution in [1.82, 2.24) is 15.1 Å². The molecule has 1 aliphatic heterocycles. The molecule has 1 saturated heterocycles. The number of carboxylic acids is 1. The number of nitrogens with zero attached hydrogens (tertiary/aromatic N) is 2. The summed E-state index contributed by atoms with van der Waals surface area (Å²) < 4.78 is 0. The minimum absolute atomic E-state index is 0.0949. The zero-order valence-corrected chi connectivity index (χ0v) is 12.4. The van der Waals surface area contributed by atoms with E-state index in [4.69, 9.17) is 5.11 Å². The molecule has 1 atom stereocenters. The number of hydrogen-bond acceptors (Lipinski definition) is 3. The highest BCUT2D eigenvalue weighted by Gasteiger charge is 2.30. The summed E-state index contributed by atoms with van der Waals surface area (Å²) in [5.74, 6) is -0.730. The lowest BCUT2D eigenvalue weighted by Crippen LogP contribution is -2.51. The van der Waals surface area contributed by atoms with E-state index in [0.29, 0.717) is 12.5 Å². The van der Waals surface area contributed by atoms with Crippen molar-refractivity contribution < 1.29 is 19.5 Å². The second-order valence-corrected chi connectivity index (χ2v) is 5.92. The van der Waals surface area contributed by atoms with Crippen LogP contribution in [0.1, 0.15) is 32.6 Å². The van der Waals surface area contributed by atoms with Crippen LogP contribution in [0.2, 0.25) is 0 Å². The van der Waals surface area contributed by atoms with Gasteiger partial charge in [-0.15, -0.1) is 0 Å². The molecule has 3 amide bonds. The molecule has 1 unspecified atom stereocenters. The van der Waals surface area contributed by atoms with Crippen LogP contribution in [0.15, 0.2) is 0 Å². The molecule has 7 nitrogen and oxygen atoms in total. The van der Waals surface area contributed by atoms with E-state index < -0.39 is 18.0 Å². The van der Waals surface area contributed by atoms with Gasteiger partial charge in [-0.05, 0) is 38.5 Å². The SMILES string of the molecule is CC(NC(=O)N(CC(=O)O)CC1CC1)C(=O)N1CCCC1.